The second-order valence-electron chi connectivity index (χ2n) is 7.28. The molecule has 0 aromatic heterocycles. The van der Waals surface area contributed by atoms with E-state index in [1.807, 2.05) is 30.3 Å². The number of amidine groups is 1. The van der Waals surface area contributed by atoms with Gasteiger partial charge in [-0.2, -0.15) is 0 Å². The fourth-order valence-electron chi connectivity index (χ4n) is 3.87. The number of ether oxygens (including phenoxy) is 2. The summed E-state index contributed by atoms with van der Waals surface area (Å²) in [5.74, 6) is 1.47. The van der Waals surface area contributed by atoms with Gasteiger partial charge in [0.2, 0.25) is 0 Å². The van der Waals surface area contributed by atoms with Crippen LogP contribution in [0, 0.1) is 10.1 Å². The number of nitrogens with zero attached hydrogens (tertiary/aromatic N) is 3. The Kier molecular flexibility index (Phi) is 6.09. The quantitative estimate of drug-likeness (QED) is 0.331. The van der Waals surface area contributed by atoms with Gasteiger partial charge in [0.05, 0.1) is 35.9 Å². The van der Waals surface area contributed by atoms with Crippen LogP contribution < -0.4 is 9.47 Å². The zero-order valence-corrected chi connectivity index (χ0v) is 19.0. The summed E-state index contributed by atoms with van der Waals surface area (Å²) in [5.41, 5.74) is 1.31. The number of hydrogen-bond acceptors (Lipinski definition) is 7. The topological polar surface area (TPSA) is 94.3 Å². The van der Waals surface area contributed by atoms with Gasteiger partial charge in [0, 0.05) is 18.1 Å². The molecule has 32 heavy (non-hydrogen) atoms. The molecule has 0 saturated heterocycles. The average molecular weight is 498 g/mol. The normalized spacial score (nSPS) is 19.8. The van der Waals surface area contributed by atoms with Gasteiger partial charge in [-0.05, 0) is 33.6 Å². The van der Waals surface area contributed by atoms with Gasteiger partial charge in [0.15, 0.2) is 17.3 Å². The fraction of sp³-hybridized carbons (Fsp3) is 0.217. The van der Waals surface area contributed by atoms with E-state index in [4.69, 9.17) is 9.47 Å². The molecule has 2 aromatic rings. The van der Waals surface area contributed by atoms with Crippen LogP contribution in [0.4, 0.5) is 0 Å². The number of ketones is 1. The maximum absolute atomic E-state index is 13.2. The molecular formula is C23H20BrN3O5. The lowest BCUT2D eigenvalue weighted by atomic mass is 9.91. The molecule has 0 aliphatic carbocycles. The predicted octanol–water partition coefficient (Wildman–Crippen LogP) is 4.51. The van der Waals surface area contributed by atoms with Gasteiger partial charge in [-0.25, -0.2) is 0 Å². The molecule has 0 radical (unpaired) electrons. The molecule has 0 saturated carbocycles. The van der Waals surface area contributed by atoms with E-state index in [2.05, 4.69) is 20.9 Å². The third-order valence-corrected chi connectivity index (χ3v) is 6.01. The molecule has 2 aliphatic rings. The van der Waals surface area contributed by atoms with Crippen LogP contribution in [-0.2, 0) is 0 Å². The van der Waals surface area contributed by atoms with Crippen LogP contribution in [0.15, 0.2) is 76.0 Å². The Labute approximate surface area is 193 Å². The van der Waals surface area contributed by atoms with Crippen molar-refractivity contribution < 1.29 is 19.2 Å². The van der Waals surface area contributed by atoms with Gasteiger partial charge in [-0.3, -0.25) is 19.9 Å². The van der Waals surface area contributed by atoms with Crippen molar-refractivity contribution in [3.63, 3.8) is 0 Å². The summed E-state index contributed by atoms with van der Waals surface area (Å²) >= 11 is 3.41. The molecule has 2 unspecified atom stereocenters. The van der Waals surface area contributed by atoms with Crippen molar-refractivity contribution in [2.24, 2.45) is 4.99 Å². The molecule has 2 aliphatic heterocycles. The van der Waals surface area contributed by atoms with Crippen LogP contribution in [0.3, 0.4) is 0 Å². The van der Waals surface area contributed by atoms with Crippen LogP contribution in [0.5, 0.6) is 11.5 Å². The summed E-state index contributed by atoms with van der Waals surface area (Å²) in [7, 11) is 3.10. The SMILES string of the molecule is COc1ccc(C2CC(C(=O)c3ccccc3)N=C3C(Br)=CC([N+](=O)[O-])=CN32)cc1OC. The summed E-state index contributed by atoms with van der Waals surface area (Å²) in [6, 6.07) is 13.4. The largest absolute Gasteiger partial charge is 0.493 e. The molecule has 2 aromatic carbocycles. The van der Waals surface area contributed by atoms with Gasteiger partial charge in [0.1, 0.15) is 11.9 Å². The van der Waals surface area contributed by atoms with Crippen LogP contribution in [0.25, 0.3) is 0 Å². The van der Waals surface area contributed by atoms with Crippen molar-refractivity contribution in [3.05, 3.63) is 92.2 Å². The first-order chi connectivity index (χ1) is 15.4. The lowest BCUT2D eigenvalue weighted by molar-refractivity contribution is -0.420. The molecule has 8 nitrogen and oxygen atoms in total. The van der Waals surface area contributed by atoms with E-state index in [-0.39, 0.29) is 17.5 Å². The zero-order valence-electron chi connectivity index (χ0n) is 17.4. The molecule has 2 heterocycles. The minimum Gasteiger partial charge on any atom is -0.493 e. The first-order valence-corrected chi connectivity index (χ1v) is 10.6. The highest BCUT2D eigenvalue weighted by atomic mass is 79.9. The van der Waals surface area contributed by atoms with Crippen molar-refractivity contribution in [2.75, 3.05) is 14.2 Å². The van der Waals surface area contributed by atoms with Gasteiger partial charge < -0.3 is 14.4 Å². The highest BCUT2D eigenvalue weighted by Gasteiger charge is 2.38. The van der Waals surface area contributed by atoms with E-state index in [1.54, 1.807) is 37.3 Å². The Morgan fingerprint density at radius 1 is 1.16 bits per heavy atom. The zero-order chi connectivity index (χ0) is 22.8. The number of allylic oxidation sites excluding steroid dienone is 1. The summed E-state index contributed by atoms with van der Waals surface area (Å²) in [4.78, 5) is 30.6. The van der Waals surface area contributed by atoms with E-state index in [9.17, 15) is 14.9 Å². The smallest absolute Gasteiger partial charge is 0.286 e. The van der Waals surface area contributed by atoms with Crippen LogP contribution >= 0.6 is 15.9 Å². The number of hydrogen-bond donors (Lipinski definition) is 0. The second-order valence-corrected chi connectivity index (χ2v) is 8.13. The number of nitro groups is 1. The molecule has 2 atom stereocenters. The molecular weight excluding hydrogens is 478 g/mol. The summed E-state index contributed by atoms with van der Waals surface area (Å²) in [6.45, 7) is 0. The fourth-order valence-corrected chi connectivity index (χ4v) is 4.41. The summed E-state index contributed by atoms with van der Waals surface area (Å²) < 4.78 is 11.2. The lowest BCUT2D eigenvalue weighted by Crippen LogP contribution is -2.42. The molecule has 164 valence electrons. The minimum atomic E-state index is -0.645. The van der Waals surface area contributed by atoms with Gasteiger partial charge in [-0.1, -0.05) is 36.4 Å². The van der Waals surface area contributed by atoms with Crippen molar-refractivity contribution in [1.29, 1.82) is 0 Å². The Bertz CT molecular complexity index is 1160. The van der Waals surface area contributed by atoms with Gasteiger partial charge in [-0.15, -0.1) is 0 Å². The molecule has 0 amide bonds. The van der Waals surface area contributed by atoms with Crippen LogP contribution in [-0.4, -0.2) is 41.7 Å². The number of Topliss-reactive ketones (excluding diaryl/α,β-unsaturated/α-hetero) is 1. The molecule has 4 rings (SSSR count). The molecule has 0 N–H and O–H groups in total. The van der Waals surface area contributed by atoms with Crippen molar-refractivity contribution in [1.82, 2.24) is 4.90 Å². The number of halogens is 1. The Hall–Kier alpha value is -3.46. The third-order valence-electron chi connectivity index (χ3n) is 5.43. The van der Waals surface area contributed by atoms with E-state index in [1.165, 1.54) is 12.3 Å². The molecule has 0 bridgehead atoms. The van der Waals surface area contributed by atoms with E-state index in [0.29, 0.717) is 33.8 Å². The number of benzene rings is 2. The maximum Gasteiger partial charge on any atom is 0.286 e. The second kappa shape index (κ2) is 8.96. The summed E-state index contributed by atoms with van der Waals surface area (Å²) in [5, 5.41) is 11.5. The molecule has 0 spiro atoms. The van der Waals surface area contributed by atoms with Crippen LogP contribution in [0.2, 0.25) is 0 Å². The first kappa shape index (κ1) is 21.8. The Balaban J connectivity index is 1.81. The molecule has 0 fully saturated rings. The van der Waals surface area contributed by atoms with Crippen molar-refractivity contribution >= 4 is 27.5 Å². The number of carbonyl (C=O) groups excluding carboxylic acids is 1. The van der Waals surface area contributed by atoms with Crippen molar-refractivity contribution in [3.8, 4) is 11.5 Å². The van der Waals surface area contributed by atoms with E-state index < -0.39 is 11.0 Å². The minimum absolute atomic E-state index is 0.0749. The van der Waals surface area contributed by atoms with Gasteiger partial charge >= 0.3 is 0 Å². The average Bonchev–Trinajstić information content (AvgIpc) is 2.83. The van der Waals surface area contributed by atoms with E-state index in [0.717, 1.165) is 5.56 Å². The van der Waals surface area contributed by atoms with E-state index >= 15 is 0 Å². The number of methoxy groups -OCH3 is 2. The number of carbonyl (C=O) groups is 1. The lowest BCUT2D eigenvalue weighted by Gasteiger charge is -2.38. The number of fused-ring (bicyclic) bond motifs is 1. The standard InChI is InChI=1S/C23H20BrN3O5/c1-31-20-9-8-15(10-21(20)32-2)19-12-18(22(28)14-6-4-3-5-7-14)25-23-17(24)11-16(27(29)30)13-26(19)23/h3-11,13,18-19H,12H2,1-2H3. The monoisotopic (exact) mass is 497 g/mol. The maximum atomic E-state index is 13.2. The third kappa shape index (κ3) is 4.03. The number of rotatable bonds is 6. The highest BCUT2D eigenvalue weighted by Crippen LogP contribution is 2.40. The van der Waals surface area contributed by atoms with Crippen LogP contribution in [0.1, 0.15) is 28.4 Å². The Morgan fingerprint density at radius 3 is 2.53 bits per heavy atom. The highest BCUT2D eigenvalue weighted by molar-refractivity contribution is 9.12. The van der Waals surface area contributed by atoms with Crippen molar-refractivity contribution in [2.45, 2.75) is 18.5 Å². The Morgan fingerprint density at radius 2 is 1.88 bits per heavy atom. The van der Waals surface area contributed by atoms with Gasteiger partial charge in [0.25, 0.3) is 5.70 Å². The number of aliphatic imine (C=N–C) groups is 1. The predicted molar refractivity (Wildman–Crippen MR) is 123 cm³/mol. The summed E-state index contributed by atoms with van der Waals surface area (Å²) in [6.07, 6.45) is 3.19. The molecule has 9 heteroatoms. The first-order valence-electron chi connectivity index (χ1n) is 9.84.